The van der Waals surface area contributed by atoms with Crippen molar-refractivity contribution in [2.45, 2.75) is 26.4 Å². The maximum Gasteiger partial charge on any atom is 0.312 e. The number of ether oxygens (including phenoxy) is 1. The molecule has 1 aliphatic carbocycles. The van der Waals surface area contributed by atoms with Gasteiger partial charge in [-0.1, -0.05) is 67.2 Å². The van der Waals surface area contributed by atoms with Crippen molar-refractivity contribution in [3.05, 3.63) is 84.4 Å². The SMILES string of the molecule is C=CC1(OC(=O)C(C)(C)C)c2ccccc2-c2cccc3cccc1c23. The van der Waals surface area contributed by atoms with E-state index in [1.54, 1.807) is 6.08 Å². The van der Waals surface area contributed by atoms with Gasteiger partial charge in [-0.3, -0.25) is 4.79 Å². The summed E-state index contributed by atoms with van der Waals surface area (Å²) in [5.74, 6) is -0.247. The van der Waals surface area contributed by atoms with E-state index >= 15 is 0 Å². The number of rotatable bonds is 2. The molecule has 3 aromatic carbocycles. The van der Waals surface area contributed by atoms with Crippen molar-refractivity contribution in [2.75, 3.05) is 0 Å². The number of esters is 1. The lowest BCUT2D eigenvalue weighted by atomic mass is 9.73. The zero-order valence-electron chi connectivity index (χ0n) is 15.4. The van der Waals surface area contributed by atoms with E-state index in [1.165, 1.54) is 0 Å². The molecular formula is C24H22O2. The molecule has 1 aliphatic rings. The third-order valence-electron chi connectivity index (χ3n) is 5.08. The molecule has 3 aromatic rings. The average molecular weight is 342 g/mol. The fourth-order valence-corrected chi connectivity index (χ4v) is 3.73. The normalized spacial score (nSPS) is 18.3. The molecule has 0 saturated carbocycles. The molecule has 0 heterocycles. The van der Waals surface area contributed by atoms with Crippen molar-refractivity contribution in [3.63, 3.8) is 0 Å². The smallest absolute Gasteiger partial charge is 0.312 e. The zero-order chi connectivity index (χ0) is 18.5. The summed E-state index contributed by atoms with van der Waals surface area (Å²) in [6.45, 7) is 9.68. The molecule has 0 spiro atoms. The fraction of sp³-hybridized carbons (Fsp3) is 0.208. The number of fused-ring (bicyclic) bond motifs is 2. The third-order valence-corrected chi connectivity index (χ3v) is 5.08. The van der Waals surface area contributed by atoms with Crippen LogP contribution < -0.4 is 0 Å². The van der Waals surface area contributed by atoms with Crippen LogP contribution in [0, 0.1) is 5.41 Å². The van der Waals surface area contributed by atoms with E-state index in [9.17, 15) is 4.79 Å². The van der Waals surface area contributed by atoms with Crippen molar-refractivity contribution in [2.24, 2.45) is 5.41 Å². The molecule has 0 N–H and O–H groups in total. The van der Waals surface area contributed by atoms with Gasteiger partial charge in [0.1, 0.15) is 0 Å². The first kappa shape index (κ1) is 16.6. The van der Waals surface area contributed by atoms with Crippen molar-refractivity contribution >= 4 is 16.7 Å². The van der Waals surface area contributed by atoms with Gasteiger partial charge in [0.15, 0.2) is 5.60 Å². The number of hydrogen-bond donors (Lipinski definition) is 0. The molecule has 0 saturated heterocycles. The maximum absolute atomic E-state index is 12.9. The average Bonchev–Trinajstić information content (AvgIpc) is 2.64. The topological polar surface area (TPSA) is 26.3 Å². The minimum atomic E-state index is -0.991. The lowest BCUT2D eigenvalue weighted by molar-refractivity contribution is -0.162. The van der Waals surface area contributed by atoms with Gasteiger partial charge in [-0.05, 0) is 48.7 Å². The second-order valence-corrected chi connectivity index (χ2v) is 7.83. The highest BCUT2D eigenvalue weighted by Gasteiger charge is 2.43. The molecular weight excluding hydrogens is 320 g/mol. The predicted molar refractivity (Wildman–Crippen MR) is 106 cm³/mol. The van der Waals surface area contributed by atoms with Crippen molar-refractivity contribution in [1.29, 1.82) is 0 Å². The molecule has 0 bridgehead atoms. The Labute approximate surface area is 154 Å². The molecule has 1 unspecified atom stereocenters. The summed E-state index contributed by atoms with van der Waals surface area (Å²) in [5.41, 5.74) is 2.58. The van der Waals surface area contributed by atoms with Gasteiger partial charge in [0.05, 0.1) is 5.41 Å². The summed E-state index contributed by atoms with van der Waals surface area (Å²) in [6.07, 6.45) is 1.76. The van der Waals surface area contributed by atoms with Crippen LogP contribution in [0.5, 0.6) is 0 Å². The van der Waals surface area contributed by atoms with Gasteiger partial charge in [-0.15, -0.1) is 0 Å². The van der Waals surface area contributed by atoms with Crippen LogP contribution in [0.1, 0.15) is 31.9 Å². The highest BCUT2D eigenvalue weighted by atomic mass is 16.6. The van der Waals surface area contributed by atoms with E-state index in [4.69, 9.17) is 4.74 Å². The van der Waals surface area contributed by atoms with Gasteiger partial charge in [0.25, 0.3) is 0 Å². The molecule has 26 heavy (non-hydrogen) atoms. The molecule has 4 rings (SSSR count). The lowest BCUT2D eigenvalue weighted by Gasteiger charge is -2.39. The number of carbonyl (C=O) groups excluding carboxylic acids is 1. The van der Waals surface area contributed by atoms with Gasteiger partial charge in [0.2, 0.25) is 0 Å². The van der Waals surface area contributed by atoms with E-state index in [1.807, 2.05) is 51.1 Å². The van der Waals surface area contributed by atoms with E-state index in [0.717, 1.165) is 33.0 Å². The van der Waals surface area contributed by atoms with Gasteiger partial charge in [-0.2, -0.15) is 0 Å². The Morgan fingerprint density at radius 1 is 0.923 bits per heavy atom. The van der Waals surface area contributed by atoms with Crippen LogP contribution in [0.15, 0.2) is 73.3 Å². The largest absolute Gasteiger partial charge is 0.444 e. The Morgan fingerprint density at radius 3 is 2.23 bits per heavy atom. The Hall–Kier alpha value is -2.87. The van der Waals surface area contributed by atoms with Gasteiger partial charge in [0, 0.05) is 11.1 Å². The summed E-state index contributed by atoms with van der Waals surface area (Å²) in [6, 6.07) is 20.6. The van der Waals surface area contributed by atoms with Gasteiger partial charge < -0.3 is 4.74 Å². The number of carbonyl (C=O) groups is 1. The Morgan fingerprint density at radius 2 is 1.54 bits per heavy atom. The van der Waals surface area contributed by atoms with Crippen molar-refractivity contribution in [1.82, 2.24) is 0 Å². The Bertz CT molecular complexity index is 1030. The van der Waals surface area contributed by atoms with Crippen LogP contribution in [0.2, 0.25) is 0 Å². The molecule has 0 amide bonds. The minimum absolute atomic E-state index is 0.247. The highest BCUT2D eigenvalue weighted by molar-refractivity contribution is 6.03. The second kappa shape index (κ2) is 5.57. The summed E-state index contributed by atoms with van der Waals surface area (Å²) >= 11 is 0. The Balaban J connectivity index is 2.10. The third kappa shape index (κ3) is 2.22. The van der Waals surface area contributed by atoms with Crippen molar-refractivity contribution < 1.29 is 9.53 Å². The van der Waals surface area contributed by atoms with Crippen LogP contribution in [0.3, 0.4) is 0 Å². The Kier molecular flexibility index (Phi) is 3.55. The van der Waals surface area contributed by atoms with E-state index < -0.39 is 11.0 Å². The van der Waals surface area contributed by atoms with E-state index in [0.29, 0.717) is 0 Å². The summed E-state index contributed by atoms with van der Waals surface area (Å²) in [5, 5.41) is 2.25. The monoisotopic (exact) mass is 342 g/mol. The molecule has 0 radical (unpaired) electrons. The first-order chi connectivity index (χ1) is 12.4. The van der Waals surface area contributed by atoms with Crippen LogP contribution >= 0.6 is 0 Å². The molecule has 2 nitrogen and oxygen atoms in total. The lowest BCUT2D eigenvalue weighted by Crippen LogP contribution is -2.38. The molecule has 0 aromatic heterocycles. The van der Waals surface area contributed by atoms with E-state index in [2.05, 4.69) is 36.9 Å². The fourth-order valence-electron chi connectivity index (χ4n) is 3.73. The second-order valence-electron chi connectivity index (χ2n) is 7.83. The van der Waals surface area contributed by atoms with Crippen LogP contribution in [-0.2, 0) is 15.1 Å². The first-order valence-corrected chi connectivity index (χ1v) is 8.87. The predicted octanol–water partition coefficient (Wildman–Crippen LogP) is 5.84. The van der Waals surface area contributed by atoms with E-state index in [-0.39, 0.29) is 5.97 Å². The van der Waals surface area contributed by atoms with Crippen LogP contribution in [-0.4, -0.2) is 5.97 Å². The standard InChI is InChI=1S/C24H22O2/c1-5-24(26-22(25)23(2,3)4)19-14-7-6-12-17(19)18-13-8-10-16-11-9-15-20(24)21(16)18/h5-15H,1H2,2-4H3. The highest BCUT2D eigenvalue weighted by Crippen LogP contribution is 2.50. The number of benzene rings is 3. The van der Waals surface area contributed by atoms with Gasteiger partial charge >= 0.3 is 5.97 Å². The zero-order valence-corrected chi connectivity index (χ0v) is 15.4. The summed E-state index contributed by atoms with van der Waals surface area (Å²) in [7, 11) is 0. The quantitative estimate of drug-likeness (QED) is 0.432. The molecule has 1 atom stereocenters. The molecule has 2 heteroatoms. The first-order valence-electron chi connectivity index (χ1n) is 8.87. The molecule has 0 aliphatic heterocycles. The van der Waals surface area contributed by atoms with Crippen LogP contribution in [0.25, 0.3) is 21.9 Å². The maximum atomic E-state index is 12.9. The summed E-state index contributed by atoms with van der Waals surface area (Å²) in [4.78, 5) is 12.9. The van der Waals surface area contributed by atoms with Crippen molar-refractivity contribution in [3.8, 4) is 11.1 Å². The van der Waals surface area contributed by atoms with Gasteiger partial charge in [-0.25, -0.2) is 0 Å². The van der Waals surface area contributed by atoms with Crippen LogP contribution in [0.4, 0.5) is 0 Å². The molecule has 0 fully saturated rings. The minimum Gasteiger partial charge on any atom is -0.444 e. The molecule has 130 valence electrons. The number of hydrogen-bond acceptors (Lipinski definition) is 2. The summed E-state index contributed by atoms with van der Waals surface area (Å²) < 4.78 is 6.21.